The van der Waals surface area contributed by atoms with Crippen molar-refractivity contribution in [2.24, 2.45) is 14.1 Å². The highest BCUT2D eigenvalue weighted by Gasteiger charge is 2.18. The molecule has 0 spiro atoms. The predicted molar refractivity (Wildman–Crippen MR) is 121 cm³/mol. The van der Waals surface area contributed by atoms with E-state index < -0.39 is 0 Å². The third kappa shape index (κ3) is 4.23. The molecule has 1 aliphatic rings. The molecule has 1 fully saturated rings. The standard InChI is InChI=1S/C22H30N6O3/c1-24-20-19(21(29)25(2)22(24)30)28(16-23-20)10-5-4-9-26-11-13-27(14-12-26)17-7-6-8-18(15-17)31-3/h6-8,15-16H,4-5,9-14H2,1-3H3. The first-order valence-corrected chi connectivity index (χ1v) is 10.7. The number of hydrogen-bond acceptors (Lipinski definition) is 6. The van der Waals surface area contributed by atoms with Crippen molar-refractivity contribution in [1.82, 2.24) is 23.6 Å². The van der Waals surface area contributed by atoms with Crippen LogP contribution in [-0.4, -0.2) is 63.4 Å². The molecule has 0 aliphatic carbocycles. The first kappa shape index (κ1) is 21.2. The predicted octanol–water partition coefficient (Wildman–Crippen LogP) is 1.04. The normalized spacial score (nSPS) is 15.0. The van der Waals surface area contributed by atoms with Crippen molar-refractivity contribution in [1.29, 1.82) is 0 Å². The molecule has 4 rings (SSSR count). The summed E-state index contributed by atoms with van der Waals surface area (Å²) in [5.74, 6) is 0.891. The van der Waals surface area contributed by atoms with Gasteiger partial charge in [-0.05, 0) is 31.5 Å². The molecule has 0 atom stereocenters. The van der Waals surface area contributed by atoms with E-state index >= 15 is 0 Å². The van der Waals surface area contributed by atoms with Crippen LogP contribution < -0.4 is 20.9 Å². The molecule has 1 saturated heterocycles. The summed E-state index contributed by atoms with van der Waals surface area (Å²) in [4.78, 5) is 33.8. The lowest BCUT2D eigenvalue weighted by Gasteiger charge is -2.36. The SMILES string of the molecule is COc1cccc(N2CCN(CCCCn3cnc4c3c(=O)n(C)c(=O)n4C)CC2)c1. The minimum Gasteiger partial charge on any atom is -0.497 e. The Morgan fingerprint density at radius 3 is 2.48 bits per heavy atom. The Morgan fingerprint density at radius 1 is 1.00 bits per heavy atom. The maximum Gasteiger partial charge on any atom is 0.332 e. The number of aromatic nitrogens is 4. The van der Waals surface area contributed by atoms with Crippen molar-refractivity contribution < 1.29 is 4.74 Å². The summed E-state index contributed by atoms with van der Waals surface area (Å²) < 4.78 is 9.77. The molecule has 166 valence electrons. The Kier molecular flexibility index (Phi) is 6.13. The summed E-state index contributed by atoms with van der Waals surface area (Å²) in [6.07, 6.45) is 3.66. The van der Waals surface area contributed by atoms with E-state index in [4.69, 9.17) is 4.74 Å². The molecule has 1 aliphatic heterocycles. The number of rotatable bonds is 7. The maximum atomic E-state index is 12.5. The van der Waals surface area contributed by atoms with Crippen molar-refractivity contribution in [2.75, 3.05) is 44.7 Å². The molecule has 0 N–H and O–H groups in total. The van der Waals surface area contributed by atoms with E-state index in [2.05, 4.69) is 26.9 Å². The molecule has 9 nitrogen and oxygen atoms in total. The van der Waals surface area contributed by atoms with Crippen LogP contribution in [-0.2, 0) is 20.6 Å². The van der Waals surface area contributed by atoms with E-state index in [1.165, 1.54) is 17.3 Å². The third-order valence-electron chi connectivity index (χ3n) is 6.13. The number of ether oxygens (including phenoxy) is 1. The molecule has 0 saturated carbocycles. The van der Waals surface area contributed by atoms with Crippen LogP contribution in [0, 0.1) is 0 Å². The van der Waals surface area contributed by atoms with E-state index in [1.54, 1.807) is 20.5 Å². The van der Waals surface area contributed by atoms with Crippen LogP contribution in [0.5, 0.6) is 5.75 Å². The summed E-state index contributed by atoms with van der Waals surface area (Å²) in [7, 11) is 4.85. The van der Waals surface area contributed by atoms with Crippen molar-refractivity contribution in [2.45, 2.75) is 19.4 Å². The van der Waals surface area contributed by atoms with Gasteiger partial charge in [0, 0.05) is 58.6 Å². The molecular weight excluding hydrogens is 396 g/mol. The minimum absolute atomic E-state index is 0.288. The monoisotopic (exact) mass is 426 g/mol. The summed E-state index contributed by atoms with van der Waals surface area (Å²) in [5.41, 5.74) is 1.51. The van der Waals surface area contributed by atoms with E-state index in [9.17, 15) is 9.59 Å². The van der Waals surface area contributed by atoms with Gasteiger partial charge >= 0.3 is 5.69 Å². The fourth-order valence-electron chi connectivity index (χ4n) is 4.22. The number of nitrogens with zero attached hydrogens (tertiary/aromatic N) is 6. The van der Waals surface area contributed by atoms with E-state index in [-0.39, 0.29) is 11.2 Å². The molecule has 1 aromatic carbocycles. The van der Waals surface area contributed by atoms with Gasteiger partial charge in [-0.15, -0.1) is 0 Å². The molecule has 0 bridgehead atoms. The Labute approximate surface area is 181 Å². The molecule has 0 radical (unpaired) electrons. The molecule has 0 amide bonds. The van der Waals surface area contributed by atoms with Gasteiger partial charge in [0.25, 0.3) is 5.56 Å². The Bertz CT molecular complexity index is 1170. The largest absolute Gasteiger partial charge is 0.497 e. The van der Waals surface area contributed by atoms with Crippen LogP contribution in [0.1, 0.15) is 12.8 Å². The van der Waals surface area contributed by atoms with Gasteiger partial charge in [-0.3, -0.25) is 18.8 Å². The number of unbranched alkanes of at least 4 members (excludes halogenated alkanes) is 1. The lowest BCUT2D eigenvalue weighted by molar-refractivity contribution is 0.251. The van der Waals surface area contributed by atoms with Crippen molar-refractivity contribution in [3.63, 3.8) is 0 Å². The first-order valence-electron chi connectivity index (χ1n) is 10.7. The molecule has 2 aromatic heterocycles. The van der Waals surface area contributed by atoms with Crippen LogP contribution >= 0.6 is 0 Å². The lowest BCUT2D eigenvalue weighted by Crippen LogP contribution is -2.46. The number of methoxy groups -OCH3 is 1. The fraction of sp³-hybridized carbons (Fsp3) is 0.500. The highest BCUT2D eigenvalue weighted by molar-refractivity contribution is 5.69. The van der Waals surface area contributed by atoms with Gasteiger partial charge in [-0.25, -0.2) is 9.78 Å². The highest BCUT2D eigenvalue weighted by atomic mass is 16.5. The van der Waals surface area contributed by atoms with Crippen LogP contribution in [0.4, 0.5) is 5.69 Å². The molecule has 0 unspecified atom stereocenters. The summed E-state index contributed by atoms with van der Waals surface area (Å²) in [5, 5.41) is 0. The molecule has 9 heteroatoms. The second kappa shape index (κ2) is 8.97. The van der Waals surface area contributed by atoms with Crippen molar-refractivity contribution in [3.05, 3.63) is 51.4 Å². The number of benzene rings is 1. The zero-order valence-corrected chi connectivity index (χ0v) is 18.5. The molecule has 3 aromatic rings. The lowest BCUT2D eigenvalue weighted by atomic mass is 10.2. The van der Waals surface area contributed by atoms with Gasteiger partial charge in [-0.2, -0.15) is 0 Å². The van der Waals surface area contributed by atoms with Gasteiger partial charge in [0.15, 0.2) is 11.2 Å². The average molecular weight is 427 g/mol. The molecular formula is C22H30N6O3. The van der Waals surface area contributed by atoms with E-state index in [0.29, 0.717) is 17.7 Å². The Morgan fingerprint density at radius 2 is 1.74 bits per heavy atom. The summed E-state index contributed by atoms with van der Waals surface area (Å²) in [6.45, 7) is 5.83. The van der Waals surface area contributed by atoms with Gasteiger partial charge < -0.3 is 14.2 Å². The van der Waals surface area contributed by atoms with Crippen LogP contribution in [0.25, 0.3) is 11.2 Å². The zero-order valence-electron chi connectivity index (χ0n) is 18.5. The van der Waals surface area contributed by atoms with Crippen LogP contribution in [0.2, 0.25) is 0 Å². The number of aryl methyl sites for hydroxylation is 2. The second-order valence-electron chi connectivity index (χ2n) is 8.05. The number of piperazine rings is 1. The van der Waals surface area contributed by atoms with Gasteiger partial charge in [-0.1, -0.05) is 6.07 Å². The molecule has 3 heterocycles. The topological polar surface area (TPSA) is 77.5 Å². The third-order valence-corrected chi connectivity index (χ3v) is 6.13. The Balaban J connectivity index is 1.29. The Hall–Kier alpha value is -3.07. The molecule has 31 heavy (non-hydrogen) atoms. The minimum atomic E-state index is -0.351. The fourth-order valence-corrected chi connectivity index (χ4v) is 4.22. The first-order chi connectivity index (χ1) is 15.0. The smallest absolute Gasteiger partial charge is 0.332 e. The van der Waals surface area contributed by atoms with Crippen LogP contribution in [0.3, 0.4) is 0 Å². The quantitative estimate of drug-likeness (QED) is 0.526. The second-order valence-corrected chi connectivity index (χ2v) is 8.05. The number of fused-ring (bicyclic) bond motifs is 1. The van der Waals surface area contributed by atoms with Crippen molar-refractivity contribution in [3.8, 4) is 5.75 Å². The maximum absolute atomic E-state index is 12.5. The number of anilines is 1. The van der Waals surface area contributed by atoms with Gasteiger partial charge in [0.1, 0.15) is 5.75 Å². The van der Waals surface area contributed by atoms with E-state index in [1.807, 2.05) is 16.7 Å². The summed E-state index contributed by atoms with van der Waals surface area (Å²) in [6, 6.07) is 8.23. The van der Waals surface area contributed by atoms with E-state index in [0.717, 1.165) is 55.9 Å². The summed E-state index contributed by atoms with van der Waals surface area (Å²) >= 11 is 0. The van der Waals surface area contributed by atoms with Crippen molar-refractivity contribution >= 4 is 16.9 Å². The number of hydrogen-bond donors (Lipinski definition) is 0. The number of imidazole rings is 1. The van der Waals surface area contributed by atoms with Crippen LogP contribution in [0.15, 0.2) is 40.2 Å². The zero-order chi connectivity index (χ0) is 22.0. The average Bonchev–Trinajstić information content (AvgIpc) is 3.23. The highest BCUT2D eigenvalue weighted by Crippen LogP contribution is 2.22. The van der Waals surface area contributed by atoms with Gasteiger partial charge in [0.05, 0.1) is 13.4 Å². The van der Waals surface area contributed by atoms with Gasteiger partial charge in [0.2, 0.25) is 0 Å².